The van der Waals surface area contributed by atoms with Crippen molar-refractivity contribution >= 4 is 11.9 Å². The van der Waals surface area contributed by atoms with E-state index in [2.05, 4.69) is 15.4 Å². The third-order valence-corrected chi connectivity index (χ3v) is 3.84. The molecule has 2 aromatic rings. The van der Waals surface area contributed by atoms with Gasteiger partial charge in [0, 0.05) is 5.70 Å². The van der Waals surface area contributed by atoms with Crippen LogP contribution >= 0.6 is 0 Å². The minimum atomic E-state index is -0.569. The minimum absolute atomic E-state index is 0.266. The molecule has 7 heteroatoms. The van der Waals surface area contributed by atoms with Crippen LogP contribution < -0.4 is 5.32 Å². The molecule has 3 rings (SSSR count). The van der Waals surface area contributed by atoms with E-state index in [1.807, 2.05) is 6.92 Å². The van der Waals surface area contributed by atoms with E-state index in [1.165, 1.54) is 18.5 Å². The summed E-state index contributed by atoms with van der Waals surface area (Å²) >= 11 is 0. The molecule has 0 fully saturated rings. The van der Waals surface area contributed by atoms with Gasteiger partial charge in [-0.1, -0.05) is 25.5 Å². The van der Waals surface area contributed by atoms with Crippen LogP contribution in [0.2, 0.25) is 0 Å². The fourth-order valence-corrected chi connectivity index (χ4v) is 2.89. The number of aromatic nitrogens is 3. The maximum atomic E-state index is 13.8. The second-order valence-electron chi connectivity index (χ2n) is 5.47. The van der Waals surface area contributed by atoms with E-state index in [0.717, 1.165) is 12.1 Å². The molecule has 0 bridgehead atoms. The fourth-order valence-electron chi connectivity index (χ4n) is 2.89. The Morgan fingerprint density at radius 3 is 2.96 bits per heavy atom. The maximum Gasteiger partial charge on any atom is 0.338 e. The number of allylic oxidation sites excluding steroid dienone is 1. The molecule has 0 saturated heterocycles. The molecule has 126 valence electrons. The van der Waals surface area contributed by atoms with Gasteiger partial charge in [-0.15, -0.1) is 0 Å². The van der Waals surface area contributed by atoms with Gasteiger partial charge in [-0.05, 0) is 31.0 Å². The van der Waals surface area contributed by atoms with Crippen LogP contribution in [0.15, 0.2) is 41.9 Å². The third kappa shape index (κ3) is 2.89. The van der Waals surface area contributed by atoms with Gasteiger partial charge in [0.25, 0.3) is 0 Å². The summed E-state index contributed by atoms with van der Waals surface area (Å²) in [7, 11) is 0. The zero-order valence-electron chi connectivity index (χ0n) is 13.6. The lowest BCUT2D eigenvalue weighted by atomic mass is 9.94. The number of rotatable bonds is 5. The summed E-state index contributed by atoms with van der Waals surface area (Å²) < 4.78 is 20.6. The van der Waals surface area contributed by atoms with Crippen LogP contribution in [0, 0.1) is 5.82 Å². The molecule has 0 amide bonds. The molecule has 0 radical (unpaired) electrons. The molecular formula is C17H19FN4O2. The number of carbonyl (C=O) groups excluding carboxylic acids is 1. The first kappa shape index (κ1) is 16.2. The molecule has 24 heavy (non-hydrogen) atoms. The Morgan fingerprint density at radius 2 is 2.25 bits per heavy atom. The quantitative estimate of drug-likeness (QED) is 0.853. The van der Waals surface area contributed by atoms with E-state index in [-0.39, 0.29) is 12.4 Å². The van der Waals surface area contributed by atoms with Crippen LogP contribution in [0.1, 0.15) is 38.3 Å². The lowest BCUT2D eigenvalue weighted by Crippen LogP contribution is -2.30. The van der Waals surface area contributed by atoms with Gasteiger partial charge in [0.1, 0.15) is 18.2 Å². The van der Waals surface area contributed by atoms with Gasteiger partial charge in [-0.3, -0.25) is 0 Å². The summed E-state index contributed by atoms with van der Waals surface area (Å²) in [6.07, 6.45) is 2.91. The smallest absolute Gasteiger partial charge is 0.338 e. The first-order chi connectivity index (χ1) is 11.7. The molecule has 1 aromatic carbocycles. The number of nitrogens with one attached hydrogen (secondary N) is 1. The minimum Gasteiger partial charge on any atom is -0.463 e. The molecule has 1 aromatic heterocycles. The number of esters is 1. The molecule has 1 aliphatic heterocycles. The molecule has 2 heterocycles. The van der Waals surface area contributed by atoms with Crippen LogP contribution in [-0.2, 0) is 9.53 Å². The summed E-state index contributed by atoms with van der Waals surface area (Å²) in [6.45, 7) is 4.04. The van der Waals surface area contributed by atoms with E-state index < -0.39 is 12.0 Å². The predicted molar refractivity (Wildman–Crippen MR) is 86.8 cm³/mol. The number of hydrogen-bond donors (Lipinski definition) is 1. The average molecular weight is 330 g/mol. The van der Waals surface area contributed by atoms with Crippen LogP contribution in [0.3, 0.4) is 0 Å². The van der Waals surface area contributed by atoms with Crippen LogP contribution in [0.5, 0.6) is 0 Å². The molecule has 1 aliphatic rings. The van der Waals surface area contributed by atoms with E-state index in [1.54, 1.807) is 23.7 Å². The normalized spacial score (nSPS) is 16.5. The van der Waals surface area contributed by atoms with Crippen LogP contribution in [-0.4, -0.2) is 27.3 Å². The topological polar surface area (TPSA) is 69.0 Å². The second-order valence-corrected chi connectivity index (χ2v) is 5.47. The number of fused-ring (bicyclic) bond motifs is 1. The first-order valence-electron chi connectivity index (χ1n) is 7.97. The summed E-state index contributed by atoms with van der Waals surface area (Å²) in [5.41, 5.74) is 1.81. The maximum absolute atomic E-state index is 13.8. The number of benzene rings is 1. The van der Waals surface area contributed by atoms with Crippen molar-refractivity contribution in [2.24, 2.45) is 0 Å². The summed E-state index contributed by atoms with van der Waals surface area (Å²) in [6, 6.07) is 5.59. The summed E-state index contributed by atoms with van der Waals surface area (Å²) in [5.74, 6) is -0.266. The van der Waals surface area contributed by atoms with Crippen molar-refractivity contribution in [3.8, 4) is 0 Å². The Morgan fingerprint density at radius 1 is 1.42 bits per heavy atom. The van der Waals surface area contributed by atoms with Gasteiger partial charge in [0.2, 0.25) is 5.95 Å². The lowest BCUT2D eigenvalue weighted by Gasteiger charge is -2.29. The first-order valence-corrected chi connectivity index (χ1v) is 7.97. The molecule has 0 unspecified atom stereocenters. The molecule has 0 saturated carbocycles. The molecular weight excluding hydrogens is 311 g/mol. The van der Waals surface area contributed by atoms with Gasteiger partial charge in [-0.25, -0.2) is 13.9 Å². The SMILES string of the molecule is CCCC1=C(C(=O)OCC)[C@H](c2cccc(F)c2)n2ncnc2N1. The van der Waals surface area contributed by atoms with E-state index in [9.17, 15) is 9.18 Å². The summed E-state index contributed by atoms with van der Waals surface area (Å²) in [4.78, 5) is 16.8. The highest BCUT2D eigenvalue weighted by atomic mass is 19.1. The zero-order valence-corrected chi connectivity index (χ0v) is 13.6. The predicted octanol–water partition coefficient (Wildman–Crippen LogP) is 3.05. The van der Waals surface area contributed by atoms with E-state index in [4.69, 9.17) is 4.74 Å². The zero-order chi connectivity index (χ0) is 17.1. The number of anilines is 1. The van der Waals surface area contributed by atoms with Crippen molar-refractivity contribution in [1.29, 1.82) is 0 Å². The monoisotopic (exact) mass is 330 g/mol. The van der Waals surface area contributed by atoms with Crippen molar-refractivity contribution in [2.75, 3.05) is 11.9 Å². The van der Waals surface area contributed by atoms with Gasteiger partial charge >= 0.3 is 5.97 Å². The van der Waals surface area contributed by atoms with Crippen molar-refractivity contribution in [2.45, 2.75) is 32.7 Å². The average Bonchev–Trinajstić information content (AvgIpc) is 3.02. The third-order valence-electron chi connectivity index (χ3n) is 3.84. The molecule has 0 aliphatic carbocycles. The van der Waals surface area contributed by atoms with Gasteiger partial charge < -0.3 is 10.1 Å². The molecule has 6 nitrogen and oxygen atoms in total. The van der Waals surface area contributed by atoms with Gasteiger partial charge in [0.15, 0.2) is 0 Å². The Hall–Kier alpha value is -2.70. The lowest BCUT2D eigenvalue weighted by molar-refractivity contribution is -0.139. The second kappa shape index (κ2) is 6.82. The van der Waals surface area contributed by atoms with Gasteiger partial charge in [0.05, 0.1) is 12.2 Å². The largest absolute Gasteiger partial charge is 0.463 e. The Balaban J connectivity index is 2.17. The van der Waals surface area contributed by atoms with Crippen molar-refractivity contribution in [1.82, 2.24) is 14.8 Å². The van der Waals surface area contributed by atoms with Crippen molar-refractivity contribution in [3.05, 3.63) is 53.2 Å². The number of hydrogen-bond acceptors (Lipinski definition) is 5. The van der Waals surface area contributed by atoms with E-state index in [0.29, 0.717) is 23.5 Å². The van der Waals surface area contributed by atoms with Crippen LogP contribution in [0.4, 0.5) is 10.3 Å². The Bertz CT molecular complexity index is 784. The highest BCUT2D eigenvalue weighted by molar-refractivity contribution is 5.92. The van der Waals surface area contributed by atoms with Crippen molar-refractivity contribution < 1.29 is 13.9 Å². The fraction of sp³-hybridized carbons (Fsp3) is 0.353. The highest BCUT2D eigenvalue weighted by Crippen LogP contribution is 2.36. The molecule has 1 atom stereocenters. The standard InChI is InChI=1S/C17H19FN4O2/c1-3-6-13-14(16(23)24-4-2)15(11-7-5-8-12(18)9-11)22-17(21-13)19-10-20-22/h5,7-10,15H,3-4,6H2,1-2H3,(H,19,20,21)/t15-/m0/s1. The summed E-state index contributed by atoms with van der Waals surface area (Å²) in [5, 5.41) is 7.37. The molecule has 1 N–H and O–H groups in total. The number of nitrogens with zero attached hydrogens (tertiary/aromatic N) is 3. The Labute approximate surface area is 139 Å². The molecule has 0 spiro atoms. The van der Waals surface area contributed by atoms with Gasteiger partial charge in [-0.2, -0.15) is 10.1 Å². The Kier molecular flexibility index (Phi) is 4.59. The van der Waals surface area contributed by atoms with E-state index >= 15 is 0 Å². The van der Waals surface area contributed by atoms with Crippen molar-refractivity contribution in [3.63, 3.8) is 0 Å². The van der Waals surface area contributed by atoms with Crippen LogP contribution in [0.25, 0.3) is 0 Å². The number of carbonyl (C=O) groups is 1. The highest BCUT2D eigenvalue weighted by Gasteiger charge is 2.35. The number of halogens is 1. The number of ether oxygens (including phenoxy) is 1.